The number of anilines is 1. The second-order valence-corrected chi connectivity index (χ2v) is 5.16. The summed E-state index contributed by atoms with van der Waals surface area (Å²) in [5.41, 5.74) is 7.50. The van der Waals surface area contributed by atoms with E-state index in [4.69, 9.17) is 10.5 Å². The predicted octanol–water partition coefficient (Wildman–Crippen LogP) is 3.50. The molecule has 0 aliphatic rings. The largest absolute Gasteiger partial charge is 0.492 e. The number of carbonyl (C=O) groups is 1. The number of ether oxygens (including phenoxy) is 1. The summed E-state index contributed by atoms with van der Waals surface area (Å²) in [4.78, 5) is 11.8. The molecule has 0 unspecified atom stereocenters. The molecule has 0 bridgehead atoms. The zero-order valence-electron chi connectivity index (χ0n) is 13.3. The van der Waals surface area contributed by atoms with Crippen molar-refractivity contribution in [3.8, 4) is 5.75 Å². The van der Waals surface area contributed by atoms with Gasteiger partial charge in [0, 0.05) is 6.42 Å². The fraction of sp³-hybridized carbons (Fsp3) is 0.588. The lowest BCUT2D eigenvalue weighted by Gasteiger charge is -2.13. The van der Waals surface area contributed by atoms with Crippen molar-refractivity contribution in [2.45, 2.75) is 52.4 Å². The van der Waals surface area contributed by atoms with Crippen molar-refractivity contribution in [3.05, 3.63) is 23.8 Å². The maximum atomic E-state index is 11.8. The Labute approximate surface area is 128 Å². The lowest BCUT2D eigenvalue weighted by atomic mass is 10.1. The van der Waals surface area contributed by atoms with Crippen molar-refractivity contribution >= 4 is 11.6 Å². The molecule has 4 heteroatoms. The molecule has 4 nitrogen and oxygen atoms in total. The normalized spacial score (nSPS) is 10.4. The summed E-state index contributed by atoms with van der Waals surface area (Å²) in [7, 11) is 0. The topological polar surface area (TPSA) is 64.4 Å². The van der Waals surface area contributed by atoms with Gasteiger partial charge in [0.2, 0.25) is 5.91 Å². The molecule has 0 saturated carbocycles. The minimum absolute atomic E-state index is 0.0497. The van der Waals surface area contributed by atoms with Gasteiger partial charge in [-0.15, -0.1) is 0 Å². The highest BCUT2D eigenvalue weighted by Crippen LogP contribution is 2.27. The van der Waals surface area contributed by atoms with Gasteiger partial charge in [-0.3, -0.25) is 4.79 Å². The monoisotopic (exact) mass is 292 g/mol. The average molecular weight is 292 g/mol. The van der Waals surface area contributed by atoms with Crippen LogP contribution in [0.15, 0.2) is 18.2 Å². The van der Waals surface area contributed by atoms with E-state index in [0.717, 1.165) is 50.1 Å². The van der Waals surface area contributed by atoms with Crippen molar-refractivity contribution in [2.75, 3.05) is 18.5 Å². The van der Waals surface area contributed by atoms with Gasteiger partial charge in [-0.05, 0) is 56.8 Å². The molecule has 0 aliphatic heterocycles. The van der Waals surface area contributed by atoms with Crippen LogP contribution in [0.1, 0.15) is 51.5 Å². The van der Waals surface area contributed by atoms with Gasteiger partial charge >= 0.3 is 0 Å². The molecule has 0 heterocycles. The number of nitrogens with one attached hydrogen (secondary N) is 1. The van der Waals surface area contributed by atoms with E-state index >= 15 is 0 Å². The first-order valence-electron chi connectivity index (χ1n) is 7.96. The second kappa shape index (κ2) is 10.2. The van der Waals surface area contributed by atoms with Gasteiger partial charge in [-0.2, -0.15) is 0 Å². The summed E-state index contributed by atoms with van der Waals surface area (Å²) in [6.45, 7) is 5.34. The molecule has 118 valence electrons. The van der Waals surface area contributed by atoms with Gasteiger partial charge in [0.1, 0.15) is 5.75 Å². The van der Waals surface area contributed by atoms with Crippen LogP contribution in [-0.4, -0.2) is 19.1 Å². The Bertz CT molecular complexity index is 433. The standard InChI is InChI=1S/C17H28N2O2/c1-3-5-9-17(20)19-15-11-10-14(8-6-7-12-18)13-16(15)21-4-2/h10-11,13H,3-9,12,18H2,1-2H3,(H,19,20). The molecule has 1 amide bonds. The number of rotatable bonds is 10. The molecule has 1 aromatic carbocycles. The lowest BCUT2D eigenvalue weighted by Crippen LogP contribution is -2.12. The van der Waals surface area contributed by atoms with E-state index in [0.29, 0.717) is 13.0 Å². The van der Waals surface area contributed by atoms with Crippen LogP contribution in [0.2, 0.25) is 0 Å². The first kappa shape index (κ1) is 17.5. The zero-order valence-corrected chi connectivity index (χ0v) is 13.3. The molecular formula is C17H28N2O2. The predicted molar refractivity (Wildman–Crippen MR) is 87.8 cm³/mol. The molecule has 0 aliphatic carbocycles. The number of benzene rings is 1. The van der Waals surface area contributed by atoms with Crippen molar-refractivity contribution in [1.29, 1.82) is 0 Å². The van der Waals surface area contributed by atoms with Gasteiger partial charge in [0.15, 0.2) is 0 Å². The molecule has 0 fully saturated rings. The fourth-order valence-electron chi connectivity index (χ4n) is 2.12. The van der Waals surface area contributed by atoms with Crippen LogP contribution < -0.4 is 15.8 Å². The summed E-state index contributed by atoms with van der Waals surface area (Å²) in [6.07, 6.45) is 5.57. The number of aryl methyl sites for hydroxylation is 1. The van der Waals surface area contributed by atoms with Gasteiger partial charge in [0.05, 0.1) is 12.3 Å². The zero-order chi connectivity index (χ0) is 15.5. The molecule has 0 radical (unpaired) electrons. The summed E-state index contributed by atoms with van der Waals surface area (Å²) in [5.74, 6) is 0.807. The summed E-state index contributed by atoms with van der Waals surface area (Å²) in [6, 6.07) is 6.01. The van der Waals surface area contributed by atoms with Gasteiger partial charge in [-0.25, -0.2) is 0 Å². The quantitative estimate of drug-likeness (QED) is 0.649. The first-order valence-corrected chi connectivity index (χ1v) is 7.96. The fourth-order valence-corrected chi connectivity index (χ4v) is 2.12. The minimum Gasteiger partial charge on any atom is -0.492 e. The van der Waals surface area contributed by atoms with Crippen LogP contribution in [0.4, 0.5) is 5.69 Å². The Morgan fingerprint density at radius 2 is 2.05 bits per heavy atom. The van der Waals surface area contributed by atoms with E-state index in [1.54, 1.807) is 0 Å². The number of amides is 1. The van der Waals surface area contributed by atoms with E-state index in [1.165, 1.54) is 5.56 Å². The number of carbonyl (C=O) groups excluding carboxylic acids is 1. The molecule has 3 N–H and O–H groups in total. The second-order valence-electron chi connectivity index (χ2n) is 5.16. The maximum absolute atomic E-state index is 11.8. The third-order valence-electron chi connectivity index (χ3n) is 3.30. The number of unbranched alkanes of at least 4 members (excludes halogenated alkanes) is 2. The van der Waals surface area contributed by atoms with Crippen LogP contribution >= 0.6 is 0 Å². The maximum Gasteiger partial charge on any atom is 0.224 e. The third-order valence-corrected chi connectivity index (χ3v) is 3.30. The Morgan fingerprint density at radius 1 is 1.24 bits per heavy atom. The Kier molecular flexibility index (Phi) is 8.51. The summed E-state index contributed by atoms with van der Waals surface area (Å²) >= 11 is 0. The smallest absolute Gasteiger partial charge is 0.224 e. The highest BCUT2D eigenvalue weighted by Gasteiger charge is 2.08. The minimum atomic E-state index is 0.0497. The molecule has 1 rings (SSSR count). The molecule has 0 saturated heterocycles. The molecule has 21 heavy (non-hydrogen) atoms. The van der Waals surface area contributed by atoms with Crippen molar-refractivity contribution in [3.63, 3.8) is 0 Å². The average Bonchev–Trinajstić information content (AvgIpc) is 2.48. The van der Waals surface area contributed by atoms with Crippen LogP contribution in [-0.2, 0) is 11.2 Å². The van der Waals surface area contributed by atoms with Crippen molar-refractivity contribution < 1.29 is 9.53 Å². The van der Waals surface area contributed by atoms with Crippen LogP contribution in [0.5, 0.6) is 5.75 Å². The van der Waals surface area contributed by atoms with E-state index in [-0.39, 0.29) is 5.91 Å². The Balaban J connectivity index is 2.71. The van der Waals surface area contributed by atoms with Crippen LogP contribution in [0, 0.1) is 0 Å². The van der Waals surface area contributed by atoms with Crippen molar-refractivity contribution in [2.24, 2.45) is 5.73 Å². The molecule has 1 aromatic rings. The van der Waals surface area contributed by atoms with Gasteiger partial charge < -0.3 is 15.8 Å². The highest BCUT2D eigenvalue weighted by molar-refractivity contribution is 5.92. The van der Waals surface area contributed by atoms with Crippen molar-refractivity contribution in [1.82, 2.24) is 0 Å². The number of hydrogen-bond donors (Lipinski definition) is 2. The molecule has 0 atom stereocenters. The summed E-state index contributed by atoms with van der Waals surface area (Å²) in [5, 5.41) is 2.94. The van der Waals surface area contributed by atoms with E-state index in [2.05, 4.69) is 18.3 Å². The van der Waals surface area contributed by atoms with E-state index in [1.807, 2.05) is 19.1 Å². The third kappa shape index (κ3) is 6.63. The number of hydrogen-bond acceptors (Lipinski definition) is 3. The SMILES string of the molecule is CCCCC(=O)Nc1ccc(CCCCN)cc1OCC. The van der Waals surface area contributed by atoms with Crippen LogP contribution in [0.3, 0.4) is 0 Å². The first-order chi connectivity index (χ1) is 10.2. The Hall–Kier alpha value is -1.55. The van der Waals surface area contributed by atoms with Gasteiger partial charge in [-0.1, -0.05) is 19.4 Å². The van der Waals surface area contributed by atoms with E-state index < -0.39 is 0 Å². The highest BCUT2D eigenvalue weighted by atomic mass is 16.5. The molecular weight excluding hydrogens is 264 g/mol. The Morgan fingerprint density at radius 3 is 2.71 bits per heavy atom. The summed E-state index contributed by atoms with van der Waals surface area (Å²) < 4.78 is 5.65. The lowest BCUT2D eigenvalue weighted by molar-refractivity contribution is -0.116. The van der Waals surface area contributed by atoms with E-state index in [9.17, 15) is 4.79 Å². The molecule has 0 spiro atoms. The number of nitrogens with two attached hydrogens (primary N) is 1. The van der Waals surface area contributed by atoms with Gasteiger partial charge in [0.25, 0.3) is 0 Å². The molecule has 0 aromatic heterocycles. The van der Waals surface area contributed by atoms with Crippen LogP contribution in [0.25, 0.3) is 0 Å².